The Labute approximate surface area is 124 Å². The third-order valence-corrected chi connectivity index (χ3v) is 2.73. The van der Waals surface area contributed by atoms with Gasteiger partial charge in [-0.15, -0.1) is 0 Å². The maximum atomic E-state index is 12.1. The molecule has 1 amide bonds. The predicted octanol–water partition coefficient (Wildman–Crippen LogP) is 1.78. The Bertz CT molecular complexity index is 605. The van der Waals surface area contributed by atoms with Gasteiger partial charge in [-0.2, -0.15) is 0 Å². The number of pyridine rings is 1. The molecule has 2 N–H and O–H groups in total. The van der Waals surface area contributed by atoms with Gasteiger partial charge in [-0.1, -0.05) is 0 Å². The molecule has 0 aliphatic carbocycles. The molecule has 0 saturated carbocycles. The SMILES string of the molecule is O=C(NC(CO)c1ccco1)c1ccnc(OCC(F)F)c1. The molecule has 8 heteroatoms. The van der Waals surface area contributed by atoms with E-state index in [1.54, 1.807) is 12.1 Å². The van der Waals surface area contributed by atoms with E-state index >= 15 is 0 Å². The average Bonchev–Trinajstić information content (AvgIpc) is 3.05. The molecule has 2 aromatic rings. The van der Waals surface area contributed by atoms with Crippen LogP contribution >= 0.6 is 0 Å². The van der Waals surface area contributed by atoms with Crippen LogP contribution in [0, 0.1) is 0 Å². The number of amides is 1. The number of aromatic nitrogens is 1. The van der Waals surface area contributed by atoms with E-state index in [9.17, 15) is 18.7 Å². The molecule has 2 rings (SSSR count). The molecular formula is C14H14F2N2O4. The quantitative estimate of drug-likeness (QED) is 0.814. The van der Waals surface area contributed by atoms with E-state index in [0.717, 1.165) is 0 Å². The fourth-order valence-electron chi connectivity index (χ4n) is 1.72. The number of hydrogen-bond acceptors (Lipinski definition) is 5. The molecule has 0 fully saturated rings. The van der Waals surface area contributed by atoms with Crippen LogP contribution in [0.4, 0.5) is 8.78 Å². The second-order valence-corrected chi connectivity index (χ2v) is 4.31. The molecule has 118 valence electrons. The van der Waals surface area contributed by atoms with Crippen molar-refractivity contribution in [1.29, 1.82) is 0 Å². The van der Waals surface area contributed by atoms with Gasteiger partial charge < -0.3 is 19.6 Å². The van der Waals surface area contributed by atoms with Gasteiger partial charge in [-0.3, -0.25) is 4.79 Å². The van der Waals surface area contributed by atoms with E-state index in [2.05, 4.69) is 10.3 Å². The number of carbonyl (C=O) groups excluding carboxylic acids is 1. The summed E-state index contributed by atoms with van der Waals surface area (Å²) in [6.45, 7) is -1.15. The van der Waals surface area contributed by atoms with Gasteiger partial charge in [0, 0.05) is 17.8 Å². The van der Waals surface area contributed by atoms with E-state index in [1.165, 1.54) is 24.6 Å². The Hall–Kier alpha value is -2.48. The number of carbonyl (C=O) groups is 1. The lowest BCUT2D eigenvalue weighted by Gasteiger charge is -2.14. The molecule has 22 heavy (non-hydrogen) atoms. The monoisotopic (exact) mass is 312 g/mol. The number of halogens is 2. The zero-order valence-corrected chi connectivity index (χ0v) is 11.4. The van der Waals surface area contributed by atoms with Crippen LogP contribution in [-0.2, 0) is 0 Å². The summed E-state index contributed by atoms with van der Waals surface area (Å²) >= 11 is 0. The van der Waals surface area contributed by atoms with Crippen LogP contribution in [0.5, 0.6) is 5.88 Å². The Balaban J connectivity index is 2.04. The number of nitrogens with one attached hydrogen (secondary N) is 1. The van der Waals surface area contributed by atoms with Crippen molar-refractivity contribution < 1.29 is 27.8 Å². The van der Waals surface area contributed by atoms with Gasteiger partial charge in [-0.05, 0) is 18.2 Å². The highest BCUT2D eigenvalue weighted by molar-refractivity contribution is 5.94. The van der Waals surface area contributed by atoms with Gasteiger partial charge in [0.25, 0.3) is 12.3 Å². The van der Waals surface area contributed by atoms with E-state index in [4.69, 9.17) is 9.15 Å². The Morgan fingerprint density at radius 3 is 2.91 bits per heavy atom. The Morgan fingerprint density at radius 1 is 1.45 bits per heavy atom. The topological polar surface area (TPSA) is 84.6 Å². The molecule has 0 saturated heterocycles. The molecule has 1 atom stereocenters. The summed E-state index contributed by atoms with van der Waals surface area (Å²) in [7, 11) is 0. The highest BCUT2D eigenvalue weighted by Gasteiger charge is 2.18. The van der Waals surface area contributed by atoms with Gasteiger partial charge >= 0.3 is 0 Å². The van der Waals surface area contributed by atoms with Gasteiger partial charge in [0.1, 0.15) is 11.8 Å². The number of alkyl halides is 2. The van der Waals surface area contributed by atoms with Crippen molar-refractivity contribution in [3.63, 3.8) is 0 Å². The predicted molar refractivity (Wildman–Crippen MR) is 71.7 cm³/mol. The van der Waals surface area contributed by atoms with Crippen LogP contribution in [0.15, 0.2) is 41.1 Å². The number of hydrogen-bond donors (Lipinski definition) is 2. The van der Waals surface area contributed by atoms with Crippen molar-refractivity contribution in [3.8, 4) is 5.88 Å². The van der Waals surface area contributed by atoms with Gasteiger partial charge in [0.05, 0.1) is 12.9 Å². The van der Waals surface area contributed by atoms with Gasteiger partial charge in [-0.25, -0.2) is 13.8 Å². The average molecular weight is 312 g/mol. The summed E-state index contributed by atoms with van der Waals surface area (Å²) in [4.78, 5) is 15.8. The summed E-state index contributed by atoms with van der Waals surface area (Å²) < 4.78 is 34.0. The zero-order valence-electron chi connectivity index (χ0n) is 11.4. The van der Waals surface area contributed by atoms with E-state index < -0.39 is 25.0 Å². The highest BCUT2D eigenvalue weighted by Crippen LogP contribution is 2.15. The van der Waals surface area contributed by atoms with Gasteiger partial charge in [0.15, 0.2) is 6.61 Å². The molecule has 6 nitrogen and oxygen atoms in total. The first-order valence-corrected chi connectivity index (χ1v) is 6.42. The van der Waals surface area contributed by atoms with Crippen molar-refractivity contribution >= 4 is 5.91 Å². The number of ether oxygens (including phenoxy) is 1. The summed E-state index contributed by atoms with van der Waals surface area (Å²) in [5.41, 5.74) is 0.171. The number of furan rings is 1. The maximum Gasteiger partial charge on any atom is 0.272 e. The lowest BCUT2D eigenvalue weighted by atomic mass is 10.2. The lowest BCUT2D eigenvalue weighted by molar-refractivity contribution is 0.0794. The number of aliphatic hydroxyl groups is 1. The number of nitrogens with zero attached hydrogens (tertiary/aromatic N) is 1. The van der Waals surface area contributed by atoms with Crippen molar-refractivity contribution in [2.24, 2.45) is 0 Å². The third kappa shape index (κ3) is 4.26. The molecule has 2 aromatic heterocycles. The summed E-state index contributed by atoms with van der Waals surface area (Å²) in [5.74, 6) is -0.190. The molecule has 0 radical (unpaired) electrons. The van der Waals surface area contributed by atoms with E-state index in [-0.39, 0.29) is 18.1 Å². The molecule has 1 unspecified atom stereocenters. The zero-order chi connectivity index (χ0) is 15.9. The standard InChI is InChI=1S/C14H14F2N2O4/c15-12(16)8-22-13-6-9(3-4-17-13)14(20)18-10(7-19)11-2-1-5-21-11/h1-6,10,12,19H,7-8H2,(H,18,20). The minimum absolute atomic E-state index is 0.0773. The molecule has 0 aromatic carbocycles. The molecule has 0 aliphatic heterocycles. The van der Waals surface area contributed by atoms with Crippen LogP contribution in [-0.4, -0.2) is 35.6 Å². The van der Waals surface area contributed by atoms with Crippen LogP contribution < -0.4 is 10.1 Å². The summed E-state index contributed by atoms with van der Waals surface area (Å²) in [6.07, 6.45) is 0.0701. The van der Waals surface area contributed by atoms with E-state index in [0.29, 0.717) is 5.76 Å². The van der Waals surface area contributed by atoms with Crippen molar-refractivity contribution in [2.75, 3.05) is 13.2 Å². The normalized spacial score (nSPS) is 12.2. The first-order valence-electron chi connectivity index (χ1n) is 6.42. The largest absolute Gasteiger partial charge is 0.472 e. The van der Waals surface area contributed by atoms with Crippen molar-refractivity contribution in [2.45, 2.75) is 12.5 Å². The van der Waals surface area contributed by atoms with Crippen LogP contribution in [0.1, 0.15) is 22.2 Å². The molecule has 0 bridgehead atoms. The third-order valence-electron chi connectivity index (χ3n) is 2.73. The Kier molecular flexibility index (Phi) is 5.42. The van der Waals surface area contributed by atoms with Crippen LogP contribution in [0.3, 0.4) is 0 Å². The number of rotatable bonds is 7. The second kappa shape index (κ2) is 7.51. The minimum atomic E-state index is -2.63. The summed E-state index contributed by atoms with van der Waals surface area (Å²) in [6, 6.07) is 5.19. The lowest BCUT2D eigenvalue weighted by Crippen LogP contribution is -2.30. The molecular weight excluding hydrogens is 298 g/mol. The maximum absolute atomic E-state index is 12.1. The van der Waals surface area contributed by atoms with Crippen LogP contribution in [0.2, 0.25) is 0 Å². The molecule has 0 aliphatic rings. The van der Waals surface area contributed by atoms with Crippen molar-refractivity contribution in [3.05, 3.63) is 48.0 Å². The van der Waals surface area contributed by atoms with Crippen molar-refractivity contribution in [1.82, 2.24) is 10.3 Å². The minimum Gasteiger partial charge on any atom is -0.472 e. The number of aliphatic hydroxyl groups excluding tert-OH is 1. The first-order chi connectivity index (χ1) is 10.6. The fraction of sp³-hybridized carbons (Fsp3) is 0.286. The second-order valence-electron chi connectivity index (χ2n) is 4.31. The first kappa shape index (κ1) is 15.9. The van der Waals surface area contributed by atoms with Gasteiger partial charge in [0.2, 0.25) is 5.88 Å². The van der Waals surface area contributed by atoms with E-state index in [1.807, 2.05) is 0 Å². The van der Waals surface area contributed by atoms with Crippen LogP contribution in [0.25, 0.3) is 0 Å². The molecule has 2 heterocycles. The summed E-state index contributed by atoms with van der Waals surface area (Å²) in [5, 5.41) is 11.9. The Morgan fingerprint density at radius 2 is 2.27 bits per heavy atom. The fourth-order valence-corrected chi connectivity index (χ4v) is 1.72. The highest BCUT2D eigenvalue weighted by atomic mass is 19.3. The molecule has 0 spiro atoms. The smallest absolute Gasteiger partial charge is 0.272 e.